The van der Waals surface area contributed by atoms with Gasteiger partial charge in [-0.15, -0.1) is 0 Å². The van der Waals surface area contributed by atoms with Crippen molar-refractivity contribution in [2.24, 2.45) is 5.92 Å². The SMILES string of the molecule is CN1CCN(C)CC(NC(=O)C2CCC2c2ccc(Cl)cc2F)C1. The van der Waals surface area contributed by atoms with Crippen molar-refractivity contribution in [1.82, 2.24) is 15.1 Å². The van der Waals surface area contributed by atoms with Gasteiger partial charge in [0.25, 0.3) is 0 Å². The van der Waals surface area contributed by atoms with Gasteiger partial charge in [0.15, 0.2) is 0 Å². The maximum atomic E-state index is 14.1. The van der Waals surface area contributed by atoms with Gasteiger partial charge in [0.05, 0.1) is 6.04 Å². The lowest BCUT2D eigenvalue weighted by Crippen LogP contribution is -2.50. The minimum Gasteiger partial charge on any atom is -0.351 e. The lowest BCUT2D eigenvalue weighted by Gasteiger charge is -2.37. The molecule has 2 atom stereocenters. The summed E-state index contributed by atoms with van der Waals surface area (Å²) < 4.78 is 14.1. The van der Waals surface area contributed by atoms with E-state index >= 15 is 0 Å². The third kappa shape index (κ3) is 3.90. The number of hydrogen-bond acceptors (Lipinski definition) is 3. The Morgan fingerprint density at radius 1 is 1.21 bits per heavy atom. The topological polar surface area (TPSA) is 35.6 Å². The van der Waals surface area contributed by atoms with Gasteiger partial charge in [0.1, 0.15) is 5.82 Å². The van der Waals surface area contributed by atoms with Crippen LogP contribution in [0.15, 0.2) is 18.2 Å². The van der Waals surface area contributed by atoms with Crippen molar-refractivity contribution in [1.29, 1.82) is 0 Å². The van der Waals surface area contributed by atoms with Crippen LogP contribution >= 0.6 is 11.6 Å². The van der Waals surface area contributed by atoms with Crippen molar-refractivity contribution < 1.29 is 9.18 Å². The first kappa shape index (κ1) is 17.6. The molecule has 1 aliphatic carbocycles. The maximum Gasteiger partial charge on any atom is 0.224 e. The molecule has 1 heterocycles. The van der Waals surface area contributed by atoms with Crippen molar-refractivity contribution in [2.45, 2.75) is 24.8 Å². The Morgan fingerprint density at radius 3 is 2.42 bits per heavy atom. The zero-order valence-electron chi connectivity index (χ0n) is 14.3. The molecule has 1 saturated heterocycles. The predicted octanol–water partition coefficient (Wildman–Crippen LogP) is 2.33. The second-order valence-electron chi connectivity index (χ2n) is 7.19. The highest BCUT2D eigenvalue weighted by atomic mass is 35.5. The Morgan fingerprint density at radius 2 is 1.88 bits per heavy atom. The van der Waals surface area contributed by atoms with E-state index in [2.05, 4.69) is 29.2 Å². The van der Waals surface area contributed by atoms with E-state index < -0.39 is 0 Å². The molecule has 0 aromatic heterocycles. The van der Waals surface area contributed by atoms with Gasteiger partial charge in [0.2, 0.25) is 5.91 Å². The number of likely N-dealkylation sites (N-methyl/N-ethyl adjacent to an activating group) is 2. The molecule has 0 bridgehead atoms. The minimum atomic E-state index is -0.307. The van der Waals surface area contributed by atoms with Gasteiger partial charge in [-0.3, -0.25) is 4.79 Å². The largest absolute Gasteiger partial charge is 0.351 e. The number of hydrogen-bond donors (Lipinski definition) is 1. The summed E-state index contributed by atoms with van der Waals surface area (Å²) >= 11 is 5.82. The summed E-state index contributed by atoms with van der Waals surface area (Å²) in [5, 5.41) is 3.57. The van der Waals surface area contributed by atoms with Gasteiger partial charge in [-0.25, -0.2) is 4.39 Å². The Bertz CT molecular complexity index is 600. The zero-order valence-corrected chi connectivity index (χ0v) is 15.0. The van der Waals surface area contributed by atoms with Gasteiger partial charge in [-0.05, 0) is 50.6 Å². The van der Waals surface area contributed by atoms with Gasteiger partial charge in [0, 0.05) is 37.1 Å². The van der Waals surface area contributed by atoms with E-state index in [1.54, 1.807) is 12.1 Å². The van der Waals surface area contributed by atoms with E-state index in [0.717, 1.165) is 39.0 Å². The number of halogens is 2. The monoisotopic (exact) mass is 353 g/mol. The van der Waals surface area contributed by atoms with E-state index in [1.165, 1.54) is 6.07 Å². The van der Waals surface area contributed by atoms with E-state index in [4.69, 9.17) is 11.6 Å². The van der Waals surface area contributed by atoms with Gasteiger partial charge in [-0.2, -0.15) is 0 Å². The summed E-state index contributed by atoms with van der Waals surface area (Å²) in [6.45, 7) is 3.71. The molecule has 0 spiro atoms. The summed E-state index contributed by atoms with van der Waals surface area (Å²) in [6.07, 6.45) is 1.66. The van der Waals surface area contributed by atoms with Crippen molar-refractivity contribution in [2.75, 3.05) is 40.3 Å². The van der Waals surface area contributed by atoms with Crippen LogP contribution in [0.5, 0.6) is 0 Å². The minimum absolute atomic E-state index is 0.0384. The van der Waals surface area contributed by atoms with Crippen LogP contribution in [0.1, 0.15) is 24.3 Å². The van der Waals surface area contributed by atoms with Crippen LogP contribution in [-0.4, -0.2) is 62.0 Å². The van der Waals surface area contributed by atoms with Gasteiger partial charge >= 0.3 is 0 Å². The predicted molar refractivity (Wildman–Crippen MR) is 93.8 cm³/mol. The fourth-order valence-electron chi connectivity index (χ4n) is 3.72. The molecule has 2 fully saturated rings. The molecule has 3 rings (SSSR count). The lowest BCUT2D eigenvalue weighted by molar-refractivity contribution is -0.129. The Kier molecular flexibility index (Phi) is 5.42. The standard InChI is InChI=1S/C18H25ClFN3O/c1-22-7-8-23(2)11-13(10-22)21-18(24)16-6-5-14(16)15-4-3-12(19)9-17(15)20/h3-4,9,13-14,16H,5-8,10-11H2,1-2H3,(H,21,24). The Labute approximate surface area is 147 Å². The van der Waals surface area contributed by atoms with E-state index in [-0.39, 0.29) is 29.6 Å². The molecule has 24 heavy (non-hydrogen) atoms. The Hall–Kier alpha value is -1.17. The molecule has 1 amide bonds. The first-order chi connectivity index (χ1) is 11.4. The smallest absolute Gasteiger partial charge is 0.224 e. The van der Waals surface area contributed by atoms with Crippen molar-refractivity contribution in [3.8, 4) is 0 Å². The first-order valence-corrected chi connectivity index (χ1v) is 8.94. The number of carbonyl (C=O) groups is 1. The highest BCUT2D eigenvalue weighted by molar-refractivity contribution is 6.30. The zero-order chi connectivity index (χ0) is 17.3. The van der Waals surface area contributed by atoms with Crippen LogP contribution in [0.3, 0.4) is 0 Å². The van der Waals surface area contributed by atoms with E-state index in [9.17, 15) is 9.18 Å². The van der Waals surface area contributed by atoms with Crippen LogP contribution in [0.25, 0.3) is 0 Å². The molecular weight excluding hydrogens is 329 g/mol. The van der Waals surface area contributed by atoms with Crippen molar-refractivity contribution in [3.63, 3.8) is 0 Å². The number of rotatable bonds is 3. The van der Waals surface area contributed by atoms with Crippen LogP contribution < -0.4 is 5.32 Å². The van der Waals surface area contributed by atoms with E-state index in [0.29, 0.717) is 10.6 Å². The first-order valence-electron chi connectivity index (χ1n) is 8.56. The highest BCUT2D eigenvalue weighted by Crippen LogP contribution is 2.43. The molecule has 1 N–H and O–H groups in total. The molecule has 132 valence electrons. The summed E-state index contributed by atoms with van der Waals surface area (Å²) in [5.41, 5.74) is 0.612. The summed E-state index contributed by atoms with van der Waals surface area (Å²) in [6, 6.07) is 4.86. The second kappa shape index (κ2) is 7.38. The highest BCUT2D eigenvalue weighted by Gasteiger charge is 2.39. The van der Waals surface area contributed by atoms with Crippen LogP contribution in [-0.2, 0) is 4.79 Å². The molecule has 6 heteroatoms. The third-order valence-corrected chi connectivity index (χ3v) is 5.48. The number of carbonyl (C=O) groups excluding carboxylic acids is 1. The quantitative estimate of drug-likeness (QED) is 0.906. The number of nitrogens with zero attached hydrogens (tertiary/aromatic N) is 2. The number of benzene rings is 1. The number of nitrogens with one attached hydrogen (secondary N) is 1. The second-order valence-corrected chi connectivity index (χ2v) is 7.62. The fraction of sp³-hybridized carbons (Fsp3) is 0.611. The molecule has 1 aromatic carbocycles. The molecule has 2 unspecified atom stereocenters. The van der Waals surface area contributed by atoms with Crippen LogP contribution in [0, 0.1) is 11.7 Å². The van der Waals surface area contributed by atoms with Crippen molar-refractivity contribution in [3.05, 3.63) is 34.6 Å². The molecule has 1 saturated carbocycles. The lowest BCUT2D eigenvalue weighted by atomic mass is 9.69. The molecule has 2 aliphatic rings. The molecule has 0 radical (unpaired) electrons. The average Bonchev–Trinajstić information content (AvgIpc) is 2.61. The van der Waals surface area contributed by atoms with Gasteiger partial charge < -0.3 is 15.1 Å². The third-order valence-electron chi connectivity index (χ3n) is 5.25. The van der Waals surface area contributed by atoms with Crippen LogP contribution in [0.2, 0.25) is 5.02 Å². The normalized spacial score (nSPS) is 26.7. The Balaban J connectivity index is 1.64. The number of amides is 1. The van der Waals surface area contributed by atoms with Crippen molar-refractivity contribution >= 4 is 17.5 Å². The van der Waals surface area contributed by atoms with Gasteiger partial charge in [-0.1, -0.05) is 17.7 Å². The molecule has 1 aliphatic heterocycles. The summed E-state index contributed by atoms with van der Waals surface area (Å²) in [5.74, 6) is -0.434. The van der Waals surface area contributed by atoms with E-state index in [1.807, 2.05) is 0 Å². The fourth-order valence-corrected chi connectivity index (χ4v) is 3.88. The molecule has 1 aromatic rings. The van der Waals surface area contributed by atoms with Crippen LogP contribution in [0.4, 0.5) is 4.39 Å². The molecular formula is C18H25ClFN3O. The summed E-state index contributed by atoms with van der Waals surface area (Å²) in [4.78, 5) is 17.2. The molecule has 4 nitrogen and oxygen atoms in total. The average molecular weight is 354 g/mol. The maximum absolute atomic E-state index is 14.1. The summed E-state index contributed by atoms with van der Waals surface area (Å²) in [7, 11) is 4.15.